The first-order chi connectivity index (χ1) is 5.88. The minimum Gasteiger partial charge on any atom is -0.472 e. The van der Waals surface area contributed by atoms with Gasteiger partial charge in [0.1, 0.15) is 0 Å². The Morgan fingerprint density at radius 1 is 1.08 bits per heavy atom. The van der Waals surface area contributed by atoms with E-state index in [0.717, 1.165) is 15.6 Å². The largest absolute Gasteiger partial charge is 0.472 e. The van der Waals surface area contributed by atoms with Crippen molar-refractivity contribution in [2.24, 2.45) is 0 Å². The molecule has 0 aliphatic heterocycles. The van der Waals surface area contributed by atoms with E-state index in [9.17, 15) is 0 Å². The minimum absolute atomic E-state index is 1.09. The fraction of sp³-hybridized carbons (Fsp3) is 0. The lowest BCUT2D eigenvalue weighted by Gasteiger charge is -1.98. The van der Waals surface area contributed by atoms with Crippen molar-refractivity contribution in [3.8, 4) is 11.1 Å². The molecule has 60 valence electrons. The third kappa shape index (κ3) is 1.30. The van der Waals surface area contributed by atoms with Crippen molar-refractivity contribution in [2.75, 3.05) is 0 Å². The summed E-state index contributed by atoms with van der Waals surface area (Å²) in [7, 11) is 0. The van der Waals surface area contributed by atoms with Gasteiger partial charge in [-0.15, -0.1) is 0 Å². The second kappa shape index (κ2) is 3.15. The van der Waals surface area contributed by atoms with Crippen molar-refractivity contribution in [3.05, 3.63) is 47.3 Å². The zero-order valence-electron chi connectivity index (χ0n) is 6.33. The van der Waals surface area contributed by atoms with Gasteiger partial charge in [0.15, 0.2) is 0 Å². The van der Waals surface area contributed by atoms with Crippen LogP contribution in [0.15, 0.2) is 51.7 Å². The van der Waals surface area contributed by atoms with E-state index in [0.29, 0.717) is 0 Å². The maximum Gasteiger partial charge on any atom is 0.0981 e. The van der Waals surface area contributed by atoms with Gasteiger partial charge in [0.05, 0.1) is 12.5 Å². The summed E-state index contributed by atoms with van der Waals surface area (Å²) in [5.41, 5.74) is 2.26. The molecule has 0 amide bonds. The van der Waals surface area contributed by atoms with Gasteiger partial charge in [-0.2, -0.15) is 0 Å². The summed E-state index contributed by atoms with van der Waals surface area (Å²) in [6.07, 6.45) is 3.41. The molecule has 0 aliphatic carbocycles. The predicted octanol–water partition coefficient (Wildman–Crippen LogP) is 3.71. The Labute approximate surface area is 79.2 Å². The van der Waals surface area contributed by atoms with Crippen LogP contribution in [0.25, 0.3) is 11.1 Å². The van der Waals surface area contributed by atoms with Crippen LogP contribution in [0.1, 0.15) is 0 Å². The molecule has 0 aliphatic rings. The fourth-order valence-corrected chi connectivity index (χ4v) is 1.63. The van der Waals surface area contributed by atoms with Crippen LogP contribution in [0.5, 0.6) is 0 Å². The summed E-state index contributed by atoms with van der Waals surface area (Å²) in [6.45, 7) is 0. The maximum absolute atomic E-state index is 5.00. The third-order valence-corrected chi connectivity index (χ3v) is 2.40. The molecule has 1 heterocycles. The summed E-state index contributed by atoms with van der Waals surface area (Å²) in [5.74, 6) is 0. The highest BCUT2D eigenvalue weighted by molar-refractivity contribution is 9.10. The van der Waals surface area contributed by atoms with Crippen molar-refractivity contribution in [1.29, 1.82) is 0 Å². The highest BCUT2D eigenvalue weighted by Gasteiger charge is 2.01. The second-order valence-corrected chi connectivity index (χ2v) is 3.35. The number of rotatable bonds is 1. The van der Waals surface area contributed by atoms with E-state index in [1.807, 2.05) is 24.3 Å². The lowest BCUT2D eigenvalue weighted by atomic mass is 10.1. The van der Waals surface area contributed by atoms with Crippen LogP contribution >= 0.6 is 15.9 Å². The molecule has 0 radical (unpaired) electrons. The Morgan fingerprint density at radius 2 is 1.92 bits per heavy atom. The lowest BCUT2D eigenvalue weighted by molar-refractivity contribution is 0.568. The molecule has 2 heteroatoms. The molecule has 12 heavy (non-hydrogen) atoms. The number of benzene rings is 1. The van der Waals surface area contributed by atoms with Crippen molar-refractivity contribution < 1.29 is 4.42 Å². The van der Waals surface area contributed by atoms with Gasteiger partial charge in [0.25, 0.3) is 0 Å². The Bertz CT molecular complexity index is 365. The van der Waals surface area contributed by atoms with Gasteiger partial charge in [-0.1, -0.05) is 34.1 Å². The SMILES string of the molecule is Brc1ccccc1-c1ccoc1. The molecule has 0 fully saturated rings. The lowest BCUT2D eigenvalue weighted by Crippen LogP contribution is -1.73. The van der Waals surface area contributed by atoms with Gasteiger partial charge < -0.3 is 4.42 Å². The third-order valence-electron chi connectivity index (χ3n) is 1.71. The van der Waals surface area contributed by atoms with Crippen molar-refractivity contribution >= 4 is 15.9 Å². The highest BCUT2D eigenvalue weighted by atomic mass is 79.9. The van der Waals surface area contributed by atoms with Gasteiger partial charge in [-0.05, 0) is 17.7 Å². The number of hydrogen-bond donors (Lipinski definition) is 0. The van der Waals surface area contributed by atoms with Gasteiger partial charge >= 0.3 is 0 Å². The average molecular weight is 223 g/mol. The van der Waals surface area contributed by atoms with Gasteiger partial charge in [0, 0.05) is 10.0 Å². The monoisotopic (exact) mass is 222 g/mol. The van der Waals surface area contributed by atoms with Crippen molar-refractivity contribution in [3.63, 3.8) is 0 Å². The van der Waals surface area contributed by atoms with Crippen LogP contribution in [0.2, 0.25) is 0 Å². The van der Waals surface area contributed by atoms with Crippen LogP contribution < -0.4 is 0 Å². The van der Waals surface area contributed by atoms with Crippen LogP contribution in [0, 0.1) is 0 Å². The highest BCUT2D eigenvalue weighted by Crippen LogP contribution is 2.27. The Hall–Kier alpha value is -1.02. The molecule has 0 saturated heterocycles. The van der Waals surface area contributed by atoms with Gasteiger partial charge in [-0.25, -0.2) is 0 Å². The summed E-state index contributed by atoms with van der Waals surface area (Å²) in [4.78, 5) is 0. The average Bonchev–Trinajstić information content (AvgIpc) is 2.57. The standard InChI is InChI=1S/C10H7BrO/c11-10-4-2-1-3-9(10)8-5-6-12-7-8/h1-7H. The molecule has 1 aromatic carbocycles. The molecule has 0 saturated carbocycles. The first-order valence-electron chi connectivity index (χ1n) is 3.65. The summed E-state index contributed by atoms with van der Waals surface area (Å²) < 4.78 is 6.09. The van der Waals surface area contributed by atoms with E-state index in [1.165, 1.54) is 0 Å². The molecular formula is C10H7BrO. The Kier molecular flexibility index (Phi) is 2.00. The quantitative estimate of drug-likeness (QED) is 0.718. The molecular weight excluding hydrogens is 216 g/mol. The summed E-state index contributed by atoms with van der Waals surface area (Å²) in [5, 5.41) is 0. The van der Waals surface area contributed by atoms with E-state index >= 15 is 0 Å². The van der Waals surface area contributed by atoms with Crippen LogP contribution in [0.4, 0.5) is 0 Å². The second-order valence-electron chi connectivity index (χ2n) is 2.49. The maximum atomic E-state index is 5.00. The first-order valence-corrected chi connectivity index (χ1v) is 4.44. The van der Waals surface area contributed by atoms with E-state index in [-0.39, 0.29) is 0 Å². The Morgan fingerprint density at radius 3 is 2.58 bits per heavy atom. The molecule has 0 unspecified atom stereocenters. The molecule has 0 bridgehead atoms. The van der Waals surface area contributed by atoms with Crippen LogP contribution in [-0.4, -0.2) is 0 Å². The molecule has 0 atom stereocenters. The predicted molar refractivity (Wildman–Crippen MR) is 51.8 cm³/mol. The number of furan rings is 1. The topological polar surface area (TPSA) is 13.1 Å². The minimum atomic E-state index is 1.09. The van der Waals surface area contributed by atoms with Gasteiger partial charge in [0.2, 0.25) is 0 Å². The Balaban J connectivity index is 2.55. The smallest absolute Gasteiger partial charge is 0.0981 e. The van der Waals surface area contributed by atoms with Crippen LogP contribution in [0.3, 0.4) is 0 Å². The van der Waals surface area contributed by atoms with E-state index in [1.54, 1.807) is 12.5 Å². The summed E-state index contributed by atoms with van der Waals surface area (Å²) >= 11 is 3.48. The number of halogens is 1. The number of hydrogen-bond acceptors (Lipinski definition) is 1. The van der Waals surface area contributed by atoms with E-state index in [4.69, 9.17) is 4.42 Å². The first kappa shape index (κ1) is 7.62. The molecule has 1 nitrogen and oxygen atoms in total. The molecule has 0 N–H and O–H groups in total. The van der Waals surface area contributed by atoms with Crippen molar-refractivity contribution in [2.45, 2.75) is 0 Å². The molecule has 2 rings (SSSR count). The van der Waals surface area contributed by atoms with E-state index < -0.39 is 0 Å². The normalized spacial score (nSPS) is 10.1. The fourth-order valence-electron chi connectivity index (χ4n) is 1.11. The zero-order valence-corrected chi connectivity index (χ0v) is 7.91. The molecule has 1 aromatic heterocycles. The molecule has 2 aromatic rings. The van der Waals surface area contributed by atoms with Crippen LogP contribution in [-0.2, 0) is 0 Å². The zero-order chi connectivity index (χ0) is 8.39. The van der Waals surface area contributed by atoms with Gasteiger partial charge in [-0.3, -0.25) is 0 Å². The van der Waals surface area contributed by atoms with E-state index in [2.05, 4.69) is 22.0 Å². The van der Waals surface area contributed by atoms with Crippen molar-refractivity contribution in [1.82, 2.24) is 0 Å². The summed E-state index contributed by atoms with van der Waals surface area (Å²) in [6, 6.07) is 10.0. The molecule has 0 spiro atoms.